The molecule has 0 radical (unpaired) electrons. The van der Waals surface area contributed by atoms with Gasteiger partial charge in [0.25, 0.3) is 0 Å². The van der Waals surface area contributed by atoms with E-state index in [2.05, 4.69) is 55.1 Å². The molecule has 1 aliphatic heterocycles. The largest absolute Gasteiger partial charge is 0.423 e. The topological polar surface area (TPSA) is 139 Å². The van der Waals surface area contributed by atoms with E-state index in [0.29, 0.717) is 4.88 Å². The van der Waals surface area contributed by atoms with E-state index >= 15 is 0 Å². The number of thiazole rings is 1. The molecule has 2 unspecified atom stereocenters. The van der Waals surface area contributed by atoms with Crippen LogP contribution in [0.2, 0.25) is 0 Å². The van der Waals surface area contributed by atoms with Crippen molar-refractivity contribution in [2.45, 2.75) is 30.1 Å². The molecule has 1 saturated carbocycles. The zero-order valence-corrected chi connectivity index (χ0v) is 22.6. The minimum atomic E-state index is -1.44. The second kappa shape index (κ2) is 8.94. The Bertz CT molecular complexity index is 1500. The average Bonchev–Trinajstić information content (AvgIpc) is 3.25. The summed E-state index contributed by atoms with van der Waals surface area (Å²) in [4.78, 5) is 15.4. The maximum atomic E-state index is 12.4. The molecule has 3 aromatic rings. The Labute approximate surface area is 227 Å². The third kappa shape index (κ3) is 3.59. The van der Waals surface area contributed by atoms with Gasteiger partial charge in [-0.15, -0.1) is 0 Å². The van der Waals surface area contributed by atoms with Crippen molar-refractivity contribution in [3.05, 3.63) is 94.6 Å². The summed E-state index contributed by atoms with van der Waals surface area (Å²) in [6, 6.07) is 22.0. The van der Waals surface area contributed by atoms with Gasteiger partial charge in [-0.25, -0.2) is 0 Å². The Morgan fingerprint density at radius 1 is 0.944 bits per heavy atom. The number of benzene rings is 2. The number of aromatic amines is 1. The fraction of sp³-hybridized carbons (Fsp3) is 0.231. The Morgan fingerprint density at radius 2 is 1.44 bits per heavy atom. The first-order valence-corrected chi connectivity index (χ1v) is 13.3. The zero-order chi connectivity index (χ0) is 25.7. The van der Waals surface area contributed by atoms with Crippen LogP contribution in [0.3, 0.4) is 0 Å². The molecule has 3 N–H and O–H groups in total. The molecule has 178 valence electrons. The predicted octanol–water partition coefficient (Wildman–Crippen LogP) is 5.68. The lowest BCUT2D eigenvalue weighted by atomic mass is 9.49. The molecule has 10 heteroatoms. The van der Waals surface area contributed by atoms with Crippen molar-refractivity contribution in [1.29, 1.82) is 15.8 Å². The van der Waals surface area contributed by atoms with E-state index in [4.69, 9.17) is 10.5 Å². The fourth-order valence-corrected chi connectivity index (χ4v) is 7.10. The van der Waals surface area contributed by atoms with Crippen LogP contribution < -0.4 is 15.3 Å². The molecule has 1 aliphatic carbocycles. The van der Waals surface area contributed by atoms with Gasteiger partial charge < -0.3 is 10.5 Å². The highest BCUT2D eigenvalue weighted by Gasteiger charge is 2.61. The molecule has 0 saturated heterocycles. The number of fused-ring (bicyclic) bond motifs is 2. The number of ether oxygens (including phenoxy) is 1. The molecule has 2 atom stereocenters. The summed E-state index contributed by atoms with van der Waals surface area (Å²) in [5.41, 5.74) is 5.55. The van der Waals surface area contributed by atoms with Gasteiger partial charge in [0.15, 0.2) is 5.41 Å². The van der Waals surface area contributed by atoms with Crippen LogP contribution in [0.1, 0.15) is 40.7 Å². The molecule has 5 rings (SSSR count). The smallest absolute Gasteiger partial charge is 0.307 e. The number of nitriles is 3. The number of H-pyrrole nitrogens is 1. The first-order chi connectivity index (χ1) is 17.3. The van der Waals surface area contributed by atoms with Crippen LogP contribution in [-0.4, -0.2) is 4.98 Å². The highest BCUT2D eigenvalue weighted by atomic mass is 79.9. The van der Waals surface area contributed by atoms with Gasteiger partial charge in [-0.3, -0.25) is 9.78 Å². The molecule has 7 nitrogen and oxygen atoms in total. The number of halogens is 2. The van der Waals surface area contributed by atoms with Crippen molar-refractivity contribution >= 4 is 43.2 Å². The third-order valence-corrected chi connectivity index (χ3v) is 9.34. The molecule has 1 aromatic heterocycles. The fourth-order valence-electron chi connectivity index (χ4n) is 5.60. The lowest BCUT2D eigenvalue weighted by Crippen LogP contribution is -2.48. The molecule has 2 heterocycles. The molecular formula is C26H17Br2N5O2S. The summed E-state index contributed by atoms with van der Waals surface area (Å²) in [7, 11) is 0. The number of hydrogen-bond donors (Lipinski definition) is 2. The van der Waals surface area contributed by atoms with Crippen molar-refractivity contribution in [2.75, 3.05) is 0 Å². The normalized spacial score (nSPS) is 24.2. The van der Waals surface area contributed by atoms with Crippen LogP contribution in [-0.2, 0) is 5.41 Å². The lowest BCUT2D eigenvalue weighted by molar-refractivity contribution is 0.168. The van der Waals surface area contributed by atoms with E-state index in [0.717, 1.165) is 31.4 Å². The van der Waals surface area contributed by atoms with Gasteiger partial charge in [0.2, 0.25) is 11.8 Å². The summed E-state index contributed by atoms with van der Waals surface area (Å²) >= 11 is 7.88. The molecule has 1 fully saturated rings. The third-order valence-electron chi connectivity index (χ3n) is 7.22. The SMILES string of the molecule is N#CC1=C(N)Oc2[nH]c(=O)sc2C12CC(c1ccc(Br)cc1)C(C#N)(C#N)C(c1ccc(Br)cc1)C2. The quantitative estimate of drug-likeness (QED) is 0.377. The number of hydrogen-bond acceptors (Lipinski definition) is 7. The molecule has 2 aromatic carbocycles. The maximum Gasteiger partial charge on any atom is 0.307 e. The van der Waals surface area contributed by atoms with Gasteiger partial charge in [0, 0.05) is 20.8 Å². The summed E-state index contributed by atoms with van der Waals surface area (Å²) in [5.74, 6) is -1.05. The van der Waals surface area contributed by atoms with Crippen LogP contribution >= 0.6 is 43.2 Å². The second-order valence-corrected chi connectivity index (χ2v) is 11.7. The van der Waals surface area contributed by atoms with E-state index in [1.807, 2.05) is 48.5 Å². The van der Waals surface area contributed by atoms with Gasteiger partial charge >= 0.3 is 4.87 Å². The number of nitrogens with zero attached hydrogens (tertiary/aromatic N) is 3. The molecule has 2 aliphatic rings. The van der Waals surface area contributed by atoms with Gasteiger partial charge in [-0.05, 0) is 48.2 Å². The summed E-state index contributed by atoms with van der Waals surface area (Å²) in [5, 5.41) is 31.5. The van der Waals surface area contributed by atoms with Gasteiger partial charge in [0.1, 0.15) is 11.6 Å². The van der Waals surface area contributed by atoms with Crippen molar-refractivity contribution in [2.24, 2.45) is 11.1 Å². The molecular weight excluding hydrogens is 606 g/mol. The maximum absolute atomic E-state index is 12.4. The number of nitrogens with two attached hydrogens (primary N) is 1. The van der Waals surface area contributed by atoms with Crippen molar-refractivity contribution in [1.82, 2.24) is 4.98 Å². The molecule has 0 amide bonds. The van der Waals surface area contributed by atoms with Crippen LogP contribution in [0.5, 0.6) is 5.88 Å². The minimum Gasteiger partial charge on any atom is -0.423 e. The van der Waals surface area contributed by atoms with E-state index in [1.165, 1.54) is 0 Å². The molecule has 36 heavy (non-hydrogen) atoms. The number of aromatic nitrogens is 1. The van der Waals surface area contributed by atoms with Gasteiger partial charge in [-0.2, -0.15) is 15.8 Å². The lowest BCUT2D eigenvalue weighted by Gasteiger charge is -2.51. The summed E-state index contributed by atoms with van der Waals surface area (Å²) < 4.78 is 7.37. The highest BCUT2D eigenvalue weighted by Crippen LogP contribution is 2.64. The van der Waals surface area contributed by atoms with Crippen molar-refractivity contribution in [3.63, 3.8) is 0 Å². The monoisotopic (exact) mass is 621 g/mol. The van der Waals surface area contributed by atoms with Crippen LogP contribution in [0.4, 0.5) is 0 Å². The van der Waals surface area contributed by atoms with E-state index in [1.54, 1.807) is 0 Å². The predicted molar refractivity (Wildman–Crippen MR) is 141 cm³/mol. The highest BCUT2D eigenvalue weighted by molar-refractivity contribution is 9.10. The minimum absolute atomic E-state index is 0.0791. The Hall–Kier alpha value is -3.36. The van der Waals surface area contributed by atoms with E-state index in [9.17, 15) is 20.6 Å². The Morgan fingerprint density at radius 3 is 1.89 bits per heavy atom. The molecule has 1 spiro atoms. The number of allylic oxidation sites excluding steroid dienone is 1. The number of nitrogens with one attached hydrogen (secondary N) is 1. The summed E-state index contributed by atoms with van der Waals surface area (Å²) in [6.07, 6.45) is 0.465. The van der Waals surface area contributed by atoms with E-state index in [-0.39, 0.29) is 35.1 Å². The van der Waals surface area contributed by atoms with E-state index < -0.39 is 22.7 Å². The standard InChI is InChI=1S/C26H17Br2N5O2S/c27-16-5-1-14(2-6-16)18-9-25(20(11-29)22(32)35-23-21(25)36-24(34)33-23)10-19(26(18,12-30)13-31)15-3-7-17(28)8-4-15/h1-8,18-19H,9-10,32H2,(H,33,34). The van der Waals surface area contributed by atoms with Crippen molar-refractivity contribution in [3.8, 4) is 24.1 Å². The zero-order valence-electron chi connectivity index (χ0n) is 18.6. The number of rotatable bonds is 2. The van der Waals surface area contributed by atoms with Gasteiger partial charge in [-0.1, -0.05) is 67.5 Å². The van der Waals surface area contributed by atoms with Crippen molar-refractivity contribution < 1.29 is 4.74 Å². The summed E-state index contributed by atoms with van der Waals surface area (Å²) in [6.45, 7) is 0. The Kier molecular flexibility index (Phi) is 6.04. The van der Waals surface area contributed by atoms with Crippen LogP contribution in [0, 0.1) is 39.4 Å². The van der Waals surface area contributed by atoms with Crippen LogP contribution in [0.25, 0.3) is 0 Å². The van der Waals surface area contributed by atoms with Gasteiger partial charge in [0.05, 0.1) is 22.4 Å². The first kappa shape index (κ1) is 24.3. The van der Waals surface area contributed by atoms with Crippen LogP contribution in [0.15, 0.2) is 73.7 Å². The Balaban J connectivity index is 1.84. The molecule has 0 bridgehead atoms. The second-order valence-electron chi connectivity index (χ2n) is 8.92. The first-order valence-electron chi connectivity index (χ1n) is 10.9. The average molecular weight is 623 g/mol.